The summed E-state index contributed by atoms with van der Waals surface area (Å²) in [4.78, 5) is 15.2. The second kappa shape index (κ2) is 8.71. The van der Waals surface area contributed by atoms with E-state index in [1.807, 2.05) is 26.0 Å². The van der Waals surface area contributed by atoms with Crippen LogP contribution in [0, 0.1) is 13.8 Å². The number of methoxy groups -OCH3 is 1. The molecule has 1 aromatic heterocycles. The highest BCUT2D eigenvalue weighted by Crippen LogP contribution is 2.32. The number of carbonyl (C=O) groups excluding carboxylic acids is 1. The van der Waals surface area contributed by atoms with Crippen LogP contribution in [0.5, 0.6) is 11.5 Å². The molecule has 0 saturated heterocycles. The molecule has 4 rings (SSSR count). The van der Waals surface area contributed by atoms with Crippen LogP contribution >= 0.6 is 0 Å². The van der Waals surface area contributed by atoms with Crippen molar-refractivity contribution in [3.63, 3.8) is 0 Å². The number of benzene rings is 2. The fraction of sp³-hybridized carbons (Fsp3) is 0.333. The van der Waals surface area contributed by atoms with E-state index in [0.717, 1.165) is 42.2 Å². The Morgan fingerprint density at radius 1 is 1.19 bits per heavy atom. The lowest BCUT2D eigenvalue weighted by Crippen LogP contribution is -2.19. The van der Waals surface area contributed by atoms with Gasteiger partial charge < -0.3 is 24.2 Å². The van der Waals surface area contributed by atoms with E-state index in [2.05, 4.69) is 28.4 Å². The summed E-state index contributed by atoms with van der Waals surface area (Å²) in [5.74, 6) is 1.57. The molecule has 31 heavy (non-hydrogen) atoms. The van der Waals surface area contributed by atoms with Crippen LogP contribution in [0.15, 0.2) is 40.9 Å². The van der Waals surface area contributed by atoms with Crippen LogP contribution in [-0.2, 0) is 13.0 Å². The van der Waals surface area contributed by atoms with Gasteiger partial charge in [0.25, 0.3) is 5.91 Å². The number of likely N-dealkylation sites (N-methyl/N-ethyl adjacent to an activating group) is 1. The molecule has 1 N–H and O–H groups in total. The average molecular weight is 421 g/mol. The molecule has 0 bridgehead atoms. The Morgan fingerprint density at radius 2 is 2.03 bits per heavy atom. The first kappa shape index (κ1) is 20.8. The van der Waals surface area contributed by atoms with Gasteiger partial charge in [0.2, 0.25) is 0 Å². The largest absolute Gasteiger partial charge is 0.493 e. The van der Waals surface area contributed by atoms with Crippen LogP contribution < -0.4 is 19.7 Å². The van der Waals surface area contributed by atoms with Gasteiger partial charge in [0, 0.05) is 30.0 Å². The van der Waals surface area contributed by atoms with Gasteiger partial charge in [-0.15, -0.1) is 0 Å². The van der Waals surface area contributed by atoms with Crippen LogP contribution in [0.2, 0.25) is 0 Å². The molecule has 0 spiro atoms. The van der Waals surface area contributed by atoms with Crippen LogP contribution in [-0.4, -0.2) is 31.3 Å². The number of nitrogens with zero attached hydrogens (tertiary/aromatic N) is 2. The molecule has 7 nitrogen and oxygen atoms in total. The Balaban J connectivity index is 1.48. The standard InChI is InChI=1S/C24H27N3O4/c1-5-27-11-10-17-6-8-19(13-21(17)27)25-24(28)18-7-9-22(23(12-18)29-4)30-14-20-15(2)26-31-16(20)3/h6-9,12-13H,5,10-11,14H2,1-4H3,(H,25,28). The number of hydrogen-bond acceptors (Lipinski definition) is 6. The lowest BCUT2D eigenvalue weighted by molar-refractivity contribution is 0.102. The first-order valence-electron chi connectivity index (χ1n) is 10.4. The van der Waals surface area contributed by atoms with E-state index >= 15 is 0 Å². The van der Waals surface area contributed by atoms with E-state index in [9.17, 15) is 4.79 Å². The predicted octanol–water partition coefficient (Wildman–Crippen LogP) is 4.51. The van der Waals surface area contributed by atoms with E-state index < -0.39 is 0 Å². The van der Waals surface area contributed by atoms with Crippen molar-refractivity contribution >= 4 is 17.3 Å². The van der Waals surface area contributed by atoms with Crippen LogP contribution in [0.3, 0.4) is 0 Å². The second-order valence-electron chi connectivity index (χ2n) is 7.58. The molecule has 162 valence electrons. The molecule has 7 heteroatoms. The minimum atomic E-state index is -0.198. The highest BCUT2D eigenvalue weighted by Gasteiger charge is 2.19. The topological polar surface area (TPSA) is 76.8 Å². The zero-order valence-corrected chi connectivity index (χ0v) is 18.3. The summed E-state index contributed by atoms with van der Waals surface area (Å²) >= 11 is 0. The fourth-order valence-electron chi connectivity index (χ4n) is 3.84. The van der Waals surface area contributed by atoms with Gasteiger partial charge in [-0.3, -0.25) is 4.79 Å². The van der Waals surface area contributed by atoms with Gasteiger partial charge in [0.05, 0.1) is 18.4 Å². The summed E-state index contributed by atoms with van der Waals surface area (Å²) in [6.45, 7) is 8.15. The lowest BCUT2D eigenvalue weighted by atomic mass is 10.1. The van der Waals surface area contributed by atoms with E-state index in [1.165, 1.54) is 11.3 Å². The Labute approximate surface area is 181 Å². The highest BCUT2D eigenvalue weighted by atomic mass is 16.5. The third-order valence-corrected chi connectivity index (χ3v) is 5.70. The quantitative estimate of drug-likeness (QED) is 0.605. The number of nitrogens with one attached hydrogen (secondary N) is 1. The summed E-state index contributed by atoms with van der Waals surface area (Å²) in [5, 5.41) is 6.93. The third-order valence-electron chi connectivity index (χ3n) is 5.70. The summed E-state index contributed by atoms with van der Waals surface area (Å²) in [6, 6.07) is 11.2. The molecular formula is C24H27N3O4. The van der Waals surface area contributed by atoms with Crippen LogP contribution in [0.25, 0.3) is 0 Å². The van der Waals surface area contributed by atoms with Crippen LogP contribution in [0.1, 0.15) is 39.9 Å². The Morgan fingerprint density at radius 3 is 2.74 bits per heavy atom. The molecule has 0 saturated carbocycles. The molecule has 1 amide bonds. The van der Waals surface area contributed by atoms with E-state index in [1.54, 1.807) is 25.3 Å². The van der Waals surface area contributed by atoms with Crippen molar-refractivity contribution < 1.29 is 18.8 Å². The average Bonchev–Trinajstić information content (AvgIpc) is 3.34. The number of ether oxygens (including phenoxy) is 2. The normalized spacial score (nSPS) is 12.6. The number of carbonyl (C=O) groups is 1. The molecule has 1 aliphatic rings. The van der Waals surface area contributed by atoms with E-state index in [4.69, 9.17) is 14.0 Å². The smallest absolute Gasteiger partial charge is 0.255 e. The minimum Gasteiger partial charge on any atom is -0.493 e. The SMILES string of the molecule is CCN1CCc2ccc(NC(=O)c3ccc(OCc4c(C)noc4C)c(OC)c3)cc21. The zero-order valence-electron chi connectivity index (χ0n) is 18.3. The molecule has 1 aliphatic heterocycles. The first-order valence-corrected chi connectivity index (χ1v) is 10.4. The predicted molar refractivity (Wildman–Crippen MR) is 119 cm³/mol. The minimum absolute atomic E-state index is 0.198. The molecule has 2 heterocycles. The van der Waals surface area contributed by atoms with Crippen molar-refractivity contribution in [2.24, 2.45) is 0 Å². The van der Waals surface area contributed by atoms with Crippen molar-refractivity contribution in [3.8, 4) is 11.5 Å². The monoisotopic (exact) mass is 421 g/mol. The van der Waals surface area contributed by atoms with Gasteiger partial charge in [0.15, 0.2) is 11.5 Å². The number of hydrogen-bond donors (Lipinski definition) is 1. The van der Waals surface area contributed by atoms with Gasteiger partial charge in [0.1, 0.15) is 12.4 Å². The number of fused-ring (bicyclic) bond motifs is 1. The number of rotatable bonds is 7. The van der Waals surface area contributed by atoms with Crippen molar-refractivity contribution in [2.45, 2.75) is 33.8 Å². The van der Waals surface area contributed by atoms with Crippen molar-refractivity contribution in [2.75, 3.05) is 30.4 Å². The van der Waals surface area contributed by atoms with Crippen molar-refractivity contribution in [3.05, 3.63) is 64.5 Å². The van der Waals surface area contributed by atoms with Gasteiger partial charge in [-0.1, -0.05) is 11.2 Å². The van der Waals surface area contributed by atoms with E-state index in [0.29, 0.717) is 23.7 Å². The number of aromatic nitrogens is 1. The molecule has 2 aromatic carbocycles. The molecule has 0 radical (unpaired) electrons. The summed E-state index contributed by atoms with van der Waals surface area (Å²) in [6.07, 6.45) is 1.05. The van der Waals surface area contributed by atoms with Crippen LogP contribution in [0.4, 0.5) is 11.4 Å². The van der Waals surface area contributed by atoms with Gasteiger partial charge in [-0.2, -0.15) is 0 Å². The van der Waals surface area contributed by atoms with Gasteiger partial charge >= 0.3 is 0 Å². The molecule has 0 fully saturated rings. The summed E-state index contributed by atoms with van der Waals surface area (Å²) < 4.78 is 16.5. The summed E-state index contributed by atoms with van der Waals surface area (Å²) in [5.41, 5.74) is 5.49. The van der Waals surface area contributed by atoms with Gasteiger partial charge in [-0.25, -0.2) is 0 Å². The Hall–Kier alpha value is -3.48. The second-order valence-corrected chi connectivity index (χ2v) is 7.58. The first-order chi connectivity index (χ1) is 15.0. The van der Waals surface area contributed by atoms with Crippen molar-refractivity contribution in [1.29, 1.82) is 0 Å². The zero-order chi connectivity index (χ0) is 22.0. The molecule has 0 aliphatic carbocycles. The van der Waals surface area contributed by atoms with E-state index in [-0.39, 0.29) is 5.91 Å². The molecule has 0 atom stereocenters. The van der Waals surface area contributed by atoms with Gasteiger partial charge in [-0.05, 0) is 63.1 Å². The Bertz CT molecular complexity index is 1090. The number of amides is 1. The Kier molecular flexibility index (Phi) is 5.84. The molecule has 0 unspecified atom stereocenters. The maximum Gasteiger partial charge on any atom is 0.255 e. The third kappa shape index (κ3) is 4.21. The highest BCUT2D eigenvalue weighted by molar-refractivity contribution is 6.05. The van der Waals surface area contributed by atoms with Crippen molar-refractivity contribution in [1.82, 2.24) is 5.16 Å². The lowest BCUT2D eigenvalue weighted by Gasteiger charge is -2.17. The summed E-state index contributed by atoms with van der Waals surface area (Å²) in [7, 11) is 1.56. The fourth-order valence-corrected chi connectivity index (χ4v) is 3.84. The number of aryl methyl sites for hydroxylation is 2. The maximum atomic E-state index is 12.8. The maximum absolute atomic E-state index is 12.8. The molecular weight excluding hydrogens is 394 g/mol. The number of anilines is 2. The molecule has 3 aromatic rings.